The Labute approximate surface area is 145 Å². The Bertz CT molecular complexity index is 828. The van der Waals surface area contributed by atoms with E-state index in [9.17, 15) is 8.42 Å². The Morgan fingerprint density at radius 2 is 2.09 bits per heavy atom. The third kappa shape index (κ3) is 3.41. The first-order valence-electron chi connectivity index (χ1n) is 7.23. The summed E-state index contributed by atoms with van der Waals surface area (Å²) < 4.78 is 30.9. The summed E-state index contributed by atoms with van der Waals surface area (Å²) in [5.74, 6) is 0.107. The zero-order valence-corrected chi connectivity index (χ0v) is 15.2. The van der Waals surface area contributed by atoms with E-state index in [0.717, 1.165) is 16.8 Å². The van der Waals surface area contributed by atoms with Crippen LogP contribution in [0.4, 0.5) is 5.69 Å². The van der Waals surface area contributed by atoms with Crippen LogP contribution in [-0.4, -0.2) is 19.7 Å². The molecule has 23 heavy (non-hydrogen) atoms. The smallest absolute Gasteiger partial charge is 0.261 e. The lowest BCUT2D eigenvalue weighted by Crippen LogP contribution is -2.19. The van der Waals surface area contributed by atoms with Gasteiger partial charge in [-0.15, -0.1) is 11.3 Å². The summed E-state index contributed by atoms with van der Waals surface area (Å²) in [5.41, 5.74) is 2.67. The number of hydrogen-bond donors (Lipinski definition) is 1. The summed E-state index contributed by atoms with van der Waals surface area (Å²) >= 11 is 6.39. The van der Waals surface area contributed by atoms with Crippen LogP contribution >= 0.6 is 23.6 Å². The first kappa shape index (κ1) is 16.4. The van der Waals surface area contributed by atoms with Gasteiger partial charge >= 0.3 is 0 Å². The fraction of sp³-hybridized carbons (Fsp3) is 0.312. The highest BCUT2D eigenvalue weighted by Crippen LogP contribution is 2.33. The van der Waals surface area contributed by atoms with Crippen molar-refractivity contribution in [3.05, 3.63) is 46.8 Å². The second-order valence-corrected chi connectivity index (χ2v) is 9.17. The van der Waals surface area contributed by atoms with Crippen LogP contribution in [0, 0.1) is 0 Å². The van der Waals surface area contributed by atoms with E-state index in [4.69, 9.17) is 17.0 Å². The van der Waals surface area contributed by atoms with Crippen molar-refractivity contribution in [1.82, 2.24) is 0 Å². The largest absolute Gasteiger partial charge is 0.467 e. The Balaban J connectivity index is 1.95. The number of sulfone groups is 1. The van der Waals surface area contributed by atoms with Crippen molar-refractivity contribution < 1.29 is 13.2 Å². The summed E-state index contributed by atoms with van der Waals surface area (Å²) in [6.45, 7) is 4.01. The Hall–Kier alpha value is -1.44. The zero-order chi connectivity index (χ0) is 16.6. The summed E-state index contributed by atoms with van der Waals surface area (Å²) in [7, 11) is -3.31. The minimum absolute atomic E-state index is 0.00675. The number of fused-ring (bicyclic) bond motifs is 1. The van der Waals surface area contributed by atoms with Crippen LogP contribution in [0.5, 0.6) is 0 Å². The third-order valence-electron chi connectivity index (χ3n) is 4.00. The predicted octanol–water partition coefficient (Wildman–Crippen LogP) is 3.94. The van der Waals surface area contributed by atoms with Crippen molar-refractivity contribution in [3.8, 4) is 0 Å². The van der Waals surface area contributed by atoms with E-state index in [0.29, 0.717) is 9.38 Å². The van der Waals surface area contributed by atoms with Crippen molar-refractivity contribution in [2.45, 2.75) is 35.8 Å². The van der Waals surface area contributed by atoms with E-state index in [1.807, 2.05) is 25.1 Å². The maximum absolute atomic E-state index is 12.4. The molecule has 0 spiro atoms. The number of anilines is 1. The second-order valence-electron chi connectivity index (χ2n) is 5.64. The van der Waals surface area contributed by atoms with E-state index in [2.05, 4.69) is 12.2 Å². The summed E-state index contributed by atoms with van der Waals surface area (Å²) in [6, 6.07) is 9.02. The molecule has 0 bridgehead atoms. The number of benzene rings is 1. The highest BCUT2D eigenvalue weighted by molar-refractivity contribution is 7.92. The van der Waals surface area contributed by atoms with E-state index >= 15 is 0 Å². The lowest BCUT2D eigenvalue weighted by Gasteiger charge is -2.18. The van der Waals surface area contributed by atoms with Gasteiger partial charge in [-0.1, -0.05) is 25.1 Å². The first-order valence-corrected chi connectivity index (χ1v) is 10.2. The van der Waals surface area contributed by atoms with Gasteiger partial charge in [-0.05, 0) is 47.8 Å². The van der Waals surface area contributed by atoms with Crippen LogP contribution in [0.3, 0.4) is 0 Å². The van der Waals surface area contributed by atoms with Crippen LogP contribution in [0.25, 0.3) is 0 Å². The maximum Gasteiger partial charge on any atom is 0.261 e. The summed E-state index contributed by atoms with van der Waals surface area (Å²) in [6.07, 6.45) is -0.0691. The average Bonchev–Trinajstić information content (AvgIpc) is 2.99. The molecule has 2 aromatic rings. The molecule has 0 saturated heterocycles. The number of rotatable bonds is 3. The van der Waals surface area contributed by atoms with Gasteiger partial charge in [0.2, 0.25) is 0 Å². The van der Waals surface area contributed by atoms with Gasteiger partial charge in [-0.3, -0.25) is 0 Å². The molecule has 4 nitrogen and oxygen atoms in total. The van der Waals surface area contributed by atoms with Crippen molar-refractivity contribution in [2.75, 3.05) is 5.32 Å². The zero-order valence-electron chi connectivity index (χ0n) is 12.8. The molecule has 122 valence electrons. The van der Waals surface area contributed by atoms with Gasteiger partial charge in [0.25, 0.3) is 5.17 Å². The van der Waals surface area contributed by atoms with E-state index in [1.54, 1.807) is 17.5 Å². The highest BCUT2D eigenvalue weighted by atomic mass is 32.2. The molecule has 0 radical (unpaired) electrons. The molecule has 1 aliphatic rings. The molecule has 3 rings (SSSR count). The molecular formula is C16H17NO3S3. The number of nitrogens with one attached hydrogen (secondary N) is 1. The molecule has 1 aliphatic heterocycles. The molecule has 1 aromatic heterocycles. The van der Waals surface area contributed by atoms with E-state index in [1.165, 1.54) is 11.3 Å². The molecule has 0 unspecified atom stereocenters. The molecule has 0 aliphatic carbocycles. The van der Waals surface area contributed by atoms with Crippen molar-refractivity contribution in [1.29, 1.82) is 0 Å². The monoisotopic (exact) mass is 367 g/mol. The third-order valence-corrected chi connectivity index (χ3v) is 7.37. The molecule has 0 fully saturated rings. The number of hydrogen-bond acceptors (Lipinski definition) is 5. The number of thiophene rings is 1. The fourth-order valence-corrected chi connectivity index (χ4v) is 5.27. The normalized spacial score (nSPS) is 21.0. The van der Waals surface area contributed by atoms with Gasteiger partial charge in [0.1, 0.15) is 10.3 Å². The van der Waals surface area contributed by atoms with E-state index < -0.39 is 9.84 Å². The minimum atomic E-state index is -3.31. The minimum Gasteiger partial charge on any atom is -0.467 e. The molecule has 1 aromatic carbocycles. The van der Waals surface area contributed by atoms with Crippen molar-refractivity contribution >= 4 is 44.3 Å². The average molecular weight is 368 g/mol. The summed E-state index contributed by atoms with van der Waals surface area (Å²) in [4.78, 5) is 0. The molecule has 0 amide bonds. The molecule has 2 heterocycles. The Morgan fingerprint density at radius 3 is 2.78 bits per heavy atom. The second kappa shape index (κ2) is 6.22. The topological polar surface area (TPSA) is 55.4 Å². The van der Waals surface area contributed by atoms with Gasteiger partial charge in [0, 0.05) is 11.6 Å². The van der Waals surface area contributed by atoms with Gasteiger partial charge in [0.05, 0.1) is 5.75 Å². The molecule has 0 saturated carbocycles. The van der Waals surface area contributed by atoms with Gasteiger partial charge in [-0.2, -0.15) is 0 Å². The molecule has 2 atom stereocenters. The number of ether oxygens (including phenoxy) is 1. The first-order chi connectivity index (χ1) is 10.9. The highest BCUT2D eigenvalue weighted by Gasteiger charge is 2.25. The van der Waals surface area contributed by atoms with Crippen LogP contribution < -0.4 is 5.32 Å². The predicted molar refractivity (Wildman–Crippen MR) is 96.8 cm³/mol. The Morgan fingerprint density at radius 1 is 1.30 bits per heavy atom. The van der Waals surface area contributed by atoms with Gasteiger partial charge < -0.3 is 10.1 Å². The van der Waals surface area contributed by atoms with Crippen molar-refractivity contribution in [3.63, 3.8) is 0 Å². The van der Waals surface area contributed by atoms with Gasteiger partial charge in [0.15, 0.2) is 9.84 Å². The van der Waals surface area contributed by atoms with E-state index in [-0.39, 0.29) is 17.8 Å². The SMILES string of the molecule is C[C@@H]1OC(=S)Nc2ccc(CS(=O)(=O)c3cccs3)cc2[C@H]1C. The quantitative estimate of drug-likeness (QED) is 0.833. The molecule has 1 N–H and O–H groups in total. The van der Waals surface area contributed by atoms with Crippen LogP contribution in [0.1, 0.15) is 30.9 Å². The van der Waals surface area contributed by atoms with Crippen LogP contribution in [0.2, 0.25) is 0 Å². The molecular weight excluding hydrogens is 350 g/mol. The molecule has 7 heteroatoms. The number of thiocarbonyl (C=S) groups is 1. The standard InChI is InChI=1S/C16H17NO3S3/c1-10-11(2)20-16(21)17-14-6-5-12(8-13(10)14)9-23(18,19)15-4-3-7-22-15/h3-8,10-11H,9H2,1-2H3,(H,17,21)/t10-,11-/m0/s1. The van der Waals surface area contributed by atoms with Gasteiger partial charge in [-0.25, -0.2) is 8.42 Å². The van der Waals surface area contributed by atoms with Crippen molar-refractivity contribution in [2.24, 2.45) is 0 Å². The van der Waals surface area contributed by atoms with Crippen LogP contribution in [0.15, 0.2) is 39.9 Å². The summed E-state index contributed by atoms with van der Waals surface area (Å²) in [5, 5.41) is 5.19. The fourth-order valence-electron chi connectivity index (χ4n) is 2.59. The Kier molecular flexibility index (Phi) is 4.44. The lowest BCUT2D eigenvalue weighted by atomic mass is 9.93. The van der Waals surface area contributed by atoms with Crippen LogP contribution in [-0.2, 0) is 20.3 Å². The lowest BCUT2D eigenvalue weighted by molar-refractivity contribution is 0.191. The maximum atomic E-state index is 12.4.